The van der Waals surface area contributed by atoms with E-state index < -0.39 is 0 Å². The third-order valence-electron chi connectivity index (χ3n) is 3.11. The predicted molar refractivity (Wildman–Crippen MR) is 89.1 cm³/mol. The van der Waals surface area contributed by atoms with Crippen molar-refractivity contribution in [2.45, 2.75) is 12.1 Å². The van der Waals surface area contributed by atoms with Crippen LogP contribution in [0, 0.1) is 18.3 Å². The van der Waals surface area contributed by atoms with E-state index in [9.17, 15) is 5.26 Å². The molecule has 0 radical (unpaired) electrons. The van der Waals surface area contributed by atoms with Crippen LogP contribution in [0.3, 0.4) is 0 Å². The van der Waals surface area contributed by atoms with Crippen molar-refractivity contribution >= 4 is 17.6 Å². The quantitative estimate of drug-likeness (QED) is 0.502. The third-order valence-corrected chi connectivity index (χ3v) is 3.65. The molecule has 5 nitrogen and oxygen atoms in total. The number of rotatable bonds is 6. The first-order chi connectivity index (χ1) is 10.7. The number of nitrogens with zero attached hydrogens (tertiary/aromatic N) is 3. The molecule has 0 saturated carbocycles. The Morgan fingerprint density at radius 3 is 2.59 bits per heavy atom. The Morgan fingerprint density at radius 2 is 2.00 bits per heavy atom. The molecule has 22 heavy (non-hydrogen) atoms. The first-order valence-electron chi connectivity index (χ1n) is 6.85. The van der Waals surface area contributed by atoms with Gasteiger partial charge in [-0.05, 0) is 13.2 Å². The Kier molecular flexibility index (Phi) is 5.75. The van der Waals surface area contributed by atoms with Gasteiger partial charge in [0.1, 0.15) is 17.5 Å². The zero-order valence-electron chi connectivity index (χ0n) is 12.9. The molecule has 0 aliphatic rings. The lowest BCUT2D eigenvalue weighted by molar-refractivity contribution is 0.210. The lowest BCUT2D eigenvalue weighted by Gasteiger charge is -2.12. The highest BCUT2D eigenvalue weighted by atomic mass is 32.2. The number of benzene rings is 1. The minimum absolute atomic E-state index is 0.456. The van der Waals surface area contributed by atoms with E-state index in [1.807, 2.05) is 37.4 Å². The maximum Gasteiger partial charge on any atom is 0.189 e. The molecule has 0 bridgehead atoms. The molecule has 0 amide bonds. The molecule has 0 atom stereocenters. The van der Waals surface area contributed by atoms with E-state index in [-0.39, 0.29) is 0 Å². The van der Waals surface area contributed by atoms with Crippen LogP contribution >= 0.6 is 11.8 Å². The molecular weight excluding hydrogens is 296 g/mol. The van der Waals surface area contributed by atoms with Crippen LogP contribution in [0.5, 0.6) is 0 Å². The van der Waals surface area contributed by atoms with Crippen LogP contribution in [-0.4, -0.2) is 36.5 Å². The smallest absolute Gasteiger partial charge is 0.189 e. The molecule has 0 aliphatic heterocycles. The van der Waals surface area contributed by atoms with Crippen molar-refractivity contribution in [3.05, 3.63) is 35.4 Å². The SMILES string of the molecule is COCCNc1nc(SC)nc(-c2ccc(C)cc2)c1C#N. The normalized spacial score (nSPS) is 10.3. The Labute approximate surface area is 134 Å². The van der Waals surface area contributed by atoms with E-state index in [2.05, 4.69) is 21.4 Å². The number of hydrogen-bond acceptors (Lipinski definition) is 6. The molecule has 0 unspecified atom stereocenters. The number of nitrogens with one attached hydrogen (secondary N) is 1. The first kappa shape index (κ1) is 16.3. The van der Waals surface area contributed by atoms with Crippen molar-refractivity contribution in [2.24, 2.45) is 0 Å². The van der Waals surface area contributed by atoms with Gasteiger partial charge in [0, 0.05) is 19.2 Å². The van der Waals surface area contributed by atoms with Gasteiger partial charge in [-0.15, -0.1) is 0 Å². The molecule has 2 aromatic rings. The molecule has 2 rings (SSSR count). The number of hydrogen-bond donors (Lipinski definition) is 1. The zero-order chi connectivity index (χ0) is 15.9. The maximum absolute atomic E-state index is 9.53. The van der Waals surface area contributed by atoms with Gasteiger partial charge in [0.2, 0.25) is 0 Å². The number of aromatic nitrogens is 2. The van der Waals surface area contributed by atoms with Crippen LogP contribution in [0.15, 0.2) is 29.4 Å². The minimum atomic E-state index is 0.456. The van der Waals surface area contributed by atoms with Gasteiger partial charge in [0.15, 0.2) is 5.16 Å². The second-order valence-electron chi connectivity index (χ2n) is 4.68. The number of nitriles is 1. The predicted octanol–water partition coefficient (Wildman–Crippen LogP) is 3.10. The number of anilines is 1. The summed E-state index contributed by atoms with van der Waals surface area (Å²) in [6, 6.07) is 10.2. The van der Waals surface area contributed by atoms with Crippen molar-refractivity contribution in [2.75, 3.05) is 31.8 Å². The van der Waals surface area contributed by atoms with Gasteiger partial charge in [0.05, 0.1) is 12.3 Å². The summed E-state index contributed by atoms with van der Waals surface area (Å²) in [5.41, 5.74) is 3.19. The summed E-state index contributed by atoms with van der Waals surface area (Å²) in [4.78, 5) is 8.91. The Hall–Kier alpha value is -2.10. The van der Waals surface area contributed by atoms with Crippen LogP contribution in [0.4, 0.5) is 5.82 Å². The largest absolute Gasteiger partial charge is 0.383 e. The van der Waals surface area contributed by atoms with Gasteiger partial charge < -0.3 is 10.1 Å². The van der Waals surface area contributed by atoms with Crippen molar-refractivity contribution in [1.29, 1.82) is 5.26 Å². The van der Waals surface area contributed by atoms with Crippen LogP contribution < -0.4 is 5.32 Å². The second kappa shape index (κ2) is 7.78. The van der Waals surface area contributed by atoms with E-state index >= 15 is 0 Å². The second-order valence-corrected chi connectivity index (χ2v) is 5.45. The van der Waals surface area contributed by atoms with E-state index in [1.54, 1.807) is 7.11 Å². The molecule has 1 aromatic carbocycles. The van der Waals surface area contributed by atoms with Crippen LogP contribution in [0.2, 0.25) is 0 Å². The number of aryl methyl sites for hydroxylation is 1. The summed E-state index contributed by atoms with van der Waals surface area (Å²) in [7, 11) is 1.64. The molecule has 0 spiro atoms. The highest BCUT2D eigenvalue weighted by molar-refractivity contribution is 7.98. The fourth-order valence-electron chi connectivity index (χ4n) is 1.96. The number of methoxy groups -OCH3 is 1. The number of thioether (sulfide) groups is 1. The monoisotopic (exact) mass is 314 g/mol. The summed E-state index contributed by atoms with van der Waals surface area (Å²) in [6.07, 6.45) is 1.92. The van der Waals surface area contributed by atoms with Gasteiger partial charge in [-0.3, -0.25) is 0 Å². The highest BCUT2D eigenvalue weighted by Gasteiger charge is 2.15. The van der Waals surface area contributed by atoms with Crippen LogP contribution in [0.25, 0.3) is 11.3 Å². The van der Waals surface area contributed by atoms with Crippen molar-refractivity contribution < 1.29 is 4.74 Å². The van der Waals surface area contributed by atoms with Crippen molar-refractivity contribution in [3.63, 3.8) is 0 Å². The van der Waals surface area contributed by atoms with Gasteiger partial charge in [-0.25, -0.2) is 9.97 Å². The topological polar surface area (TPSA) is 70.8 Å². The fourth-order valence-corrected chi connectivity index (χ4v) is 2.32. The van der Waals surface area contributed by atoms with E-state index in [4.69, 9.17) is 4.74 Å². The van der Waals surface area contributed by atoms with E-state index in [1.165, 1.54) is 17.3 Å². The van der Waals surface area contributed by atoms with Gasteiger partial charge in [0.25, 0.3) is 0 Å². The zero-order valence-corrected chi connectivity index (χ0v) is 13.7. The lowest BCUT2D eigenvalue weighted by atomic mass is 10.1. The van der Waals surface area contributed by atoms with Gasteiger partial charge >= 0.3 is 0 Å². The lowest BCUT2D eigenvalue weighted by Crippen LogP contribution is -2.12. The molecule has 1 N–H and O–H groups in total. The number of ether oxygens (including phenoxy) is 1. The molecule has 114 valence electrons. The van der Waals surface area contributed by atoms with Crippen molar-refractivity contribution in [3.8, 4) is 17.3 Å². The summed E-state index contributed by atoms with van der Waals surface area (Å²) in [6.45, 7) is 3.16. The minimum Gasteiger partial charge on any atom is -0.383 e. The molecule has 0 aliphatic carbocycles. The molecule has 0 saturated heterocycles. The molecule has 0 fully saturated rings. The average Bonchev–Trinajstić information content (AvgIpc) is 2.55. The summed E-state index contributed by atoms with van der Waals surface area (Å²) >= 11 is 1.45. The third kappa shape index (κ3) is 3.75. The average molecular weight is 314 g/mol. The van der Waals surface area contributed by atoms with Gasteiger partial charge in [-0.1, -0.05) is 41.6 Å². The standard InChI is InChI=1S/C16H18N4OS/c1-11-4-6-12(7-5-11)14-13(10-17)15(18-8-9-21-2)20-16(19-14)22-3/h4-7H,8-9H2,1-3H3,(H,18,19,20). The van der Waals surface area contributed by atoms with E-state index in [0.29, 0.717) is 35.4 Å². The van der Waals surface area contributed by atoms with Crippen molar-refractivity contribution in [1.82, 2.24) is 9.97 Å². The Morgan fingerprint density at radius 1 is 1.27 bits per heavy atom. The van der Waals surface area contributed by atoms with Crippen LogP contribution in [-0.2, 0) is 4.74 Å². The first-order valence-corrected chi connectivity index (χ1v) is 8.08. The van der Waals surface area contributed by atoms with E-state index in [0.717, 1.165) is 5.56 Å². The summed E-state index contributed by atoms with van der Waals surface area (Å²) in [5, 5.41) is 13.3. The highest BCUT2D eigenvalue weighted by Crippen LogP contribution is 2.28. The summed E-state index contributed by atoms with van der Waals surface area (Å²) < 4.78 is 5.03. The molecule has 1 heterocycles. The van der Waals surface area contributed by atoms with Gasteiger partial charge in [-0.2, -0.15) is 5.26 Å². The Balaban J connectivity index is 2.49. The maximum atomic E-state index is 9.53. The fraction of sp³-hybridized carbons (Fsp3) is 0.312. The molecule has 6 heteroatoms. The molecule has 1 aromatic heterocycles. The Bertz CT molecular complexity index is 680. The summed E-state index contributed by atoms with van der Waals surface area (Å²) in [5.74, 6) is 0.550. The van der Waals surface area contributed by atoms with Crippen LogP contribution in [0.1, 0.15) is 11.1 Å². The molecular formula is C16H18N4OS.